The second-order valence-corrected chi connectivity index (χ2v) is 16.8. The van der Waals surface area contributed by atoms with E-state index in [4.69, 9.17) is 25.6 Å². The molecule has 0 saturated carbocycles. The van der Waals surface area contributed by atoms with Crippen LogP contribution in [0.4, 0.5) is 23.8 Å². The van der Waals surface area contributed by atoms with Crippen LogP contribution in [0.1, 0.15) is 96.0 Å². The van der Waals surface area contributed by atoms with Gasteiger partial charge in [0, 0.05) is 48.8 Å². The van der Waals surface area contributed by atoms with Crippen molar-refractivity contribution in [3.8, 4) is 35.2 Å². The highest BCUT2D eigenvalue weighted by atomic mass is 19.1. The van der Waals surface area contributed by atoms with E-state index in [-0.39, 0.29) is 64.5 Å². The molecule has 0 spiro atoms. The van der Waals surface area contributed by atoms with Crippen LogP contribution in [0.3, 0.4) is 0 Å². The summed E-state index contributed by atoms with van der Waals surface area (Å²) in [6.07, 6.45) is 15.4. The minimum atomic E-state index is -0.975. The van der Waals surface area contributed by atoms with Crippen LogP contribution in [0.15, 0.2) is 36.4 Å². The van der Waals surface area contributed by atoms with Gasteiger partial charge in [-0.05, 0) is 73.9 Å². The summed E-state index contributed by atoms with van der Waals surface area (Å²) in [6, 6.07) is 8.09. The number of halogens is 3. The van der Waals surface area contributed by atoms with E-state index < -0.39 is 42.2 Å². The third-order valence-electron chi connectivity index (χ3n) is 12.9. The first-order valence-electron chi connectivity index (χ1n) is 21.4. The third-order valence-corrected chi connectivity index (χ3v) is 12.9. The molecule has 3 aromatic carbocycles. The number of carbonyl (C=O) groups is 2. The molecule has 4 aliphatic rings. The number of benzene rings is 3. The predicted octanol–water partition coefficient (Wildman–Crippen LogP) is 8.80. The fourth-order valence-electron chi connectivity index (χ4n) is 9.96. The van der Waals surface area contributed by atoms with Gasteiger partial charge in [0.05, 0.1) is 23.2 Å². The Morgan fingerprint density at radius 3 is 2.50 bits per heavy atom. The van der Waals surface area contributed by atoms with Crippen LogP contribution in [-0.4, -0.2) is 100 Å². The van der Waals surface area contributed by atoms with Crippen LogP contribution in [0.2, 0.25) is 0 Å². The van der Waals surface area contributed by atoms with Gasteiger partial charge >= 0.3 is 18.1 Å². The van der Waals surface area contributed by atoms with E-state index in [9.17, 15) is 19.1 Å². The number of nitrogens with zero attached hydrogens (tertiary/aromatic N) is 5. The SMILES string of the molecule is C#Cc1c(F)ccc2cc(O)cc(-c3ccc4c(N5CC6CCC(C5)N6C(=O)OCOC(=O)CCCCCCCCC)nc(OC[C@@]56CCCN5C[C@H](F)C6)nc4c3F)c12. The predicted molar refractivity (Wildman–Crippen MR) is 221 cm³/mol. The van der Waals surface area contributed by atoms with Gasteiger partial charge in [-0.25, -0.2) is 18.0 Å². The first-order valence-corrected chi connectivity index (χ1v) is 21.4. The molecule has 1 aromatic heterocycles. The van der Waals surface area contributed by atoms with Gasteiger partial charge in [0.15, 0.2) is 5.82 Å². The number of terminal acetylenes is 1. The number of phenolic OH excluding ortho intramolecular Hbond substituents is 1. The highest BCUT2D eigenvalue weighted by Crippen LogP contribution is 2.43. The smallest absolute Gasteiger partial charge is 0.413 e. The molecule has 4 atom stereocenters. The molecule has 1 amide bonds. The molecule has 11 nitrogen and oxygen atoms in total. The maximum absolute atomic E-state index is 17.2. The number of hydrogen-bond donors (Lipinski definition) is 1. The standard InChI is InChI=1S/C46H52F3N5O6/c1-3-5-6-7-8-9-10-12-39(56)59-28-60-45(57)54-31-14-15-32(54)26-52(25-31)43-36-17-16-35(37-22-33(55)21-29-13-18-38(48)34(4-2)40(29)37)41(49)42(36)50-44(51-43)58-27-46-19-11-20-53(46)24-30(47)23-46/h2,13,16-18,21-22,30-32,55H,3,5-12,14-15,19-20,23-28H2,1H3/t30-,31?,32?,46+/m1/s1. The van der Waals surface area contributed by atoms with Gasteiger partial charge in [0.2, 0.25) is 6.79 Å². The number of unbranched alkanes of at least 4 members (excludes halogenated alkanes) is 6. The van der Waals surface area contributed by atoms with Crippen LogP contribution in [0.25, 0.3) is 32.8 Å². The zero-order chi connectivity index (χ0) is 42.0. The quantitative estimate of drug-likeness (QED) is 0.0540. The zero-order valence-electron chi connectivity index (χ0n) is 34.1. The normalized spacial score (nSPS) is 22.4. The summed E-state index contributed by atoms with van der Waals surface area (Å²) in [4.78, 5) is 40.9. The molecule has 0 radical (unpaired) electrons. The van der Waals surface area contributed by atoms with E-state index in [1.807, 2.05) is 4.90 Å². The minimum absolute atomic E-state index is 0.0356. The van der Waals surface area contributed by atoms with Crippen molar-refractivity contribution in [2.45, 2.75) is 114 Å². The lowest BCUT2D eigenvalue weighted by Crippen LogP contribution is -2.56. The summed E-state index contributed by atoms with van der Waals surface area (Å²) in [5.74, 6) is 0.826. The lowest BCUT2D eigenvalue weighted by Gasteiger charge is -2.41. The summed E-state index contributed by atoms with van der Waals surface area (Å²) in [6.45, 7) is 3.63. The molecular weight excluding hydrogens is 776 g/mol. The lowest BCUT2D eigenvalue weighted by atomic mass is 9.93. The summed E-state index contributed by atoms with van der Waals surface area (Å²) >= 11 is 0. The summed E-state index contributed by atoms with van der Waals surface area (Å²) < 4.78 is 63.9. The van der Waals surface area contributed by atoms with Crippen LogP contribution < -0.4 is 9.64 Å². The van der Waals surface area contributed by atoms with E-state index in [2.05, 4.69) is 22.7 Å². The molecule has 14 heteroatoms. The van der Waals surface area contributed by atoms with Crippen molar-refractivity contribution >= 4 is 39.6 Å². The number of ether oxygens (including phenoxy) is 3. The molecule has 60 heavy (non-hydrogen) atoms. The number of piperazine rings is 1. The first kappa shape index (κ1) is 41.4. The van der Waals surface area contributed by atoms with Gasteiger partial charge < -0.3 is 24.2 Å². The lowest BCUT2D eigenvalue weighted by molar-refractivity contribution is -0.152. The molecule has 0 aliphatic carbocycles. The van der Waals surface area contributed by atoms with Gasteiger partial charge in [-0.2, -0.15) is 9.97 Å². The molecule has 1 N–H and O–H groups in total. The van der Waals surface area contributed by atoms with Crippen molar-refractivity contribution in [2.24, 2.45) is 0 Å². The van der Waals surface area contributed by atoms with Gasteiger partial charge in [-0.15, -0.1) is 6.42 Å². The number of rotatable bonds is 15. The minimum Gasteiger partial charge on any atom is -0.508 e. The Morgan fingerprint density at radius 1 is 0.967 bits per heavy atom. The molecule has 2 bridgehead atoms. The average molecular weight is 828 g/mol. The van der Waals surface area contributed by atoms with Crippen LogP contribution in [-0.2, 0) is 14.3 Å². The summed E-state index contributed by atoms with van der Waals surface area (Å²) in [5, 5.41) is 11.8. The Hall–Kier alpha value is -5.29. The number of fused-ring (bicyclic) bond motifs is 5. The van der Waals surface area contributed by atoms with Crippen molar-refractivity contribution in [3.63, 3.8) is 0 Å². The van der Waals surface area contributed by atoms with Crippen LogP contribution >= 0.6 is 0 Å². The molecule has 318 valence electrons. The second-order valence-electron chi connectivity index (χ2n) is 16.8. The second kappa shape index (κ2) is 17.7. The highest BCUT2D eigenvalue weighted by Gasteiger charge is 2.50. The molecule has 4 aliphatic heterocycles. The molecule has 5 heterocycles. The van der Waals surface area contributed by atoms with Gasteiger partial charge in [-0.1, -0.05) is 63.5 Å². The maximum Gasteiger partial charge on any atom is 0.413 e. The van der Waals surface area contributed by atoms with E-state index >= 15 is 8.78 Å². The molecule has 8 rings (SSSR count). The largest absolute Gasteiger partial charge is 0.508 e. The Bertz CT molecular complexity index is 2290. The monoisotopic (exact) mass is 827 g/mol. The van der Waals surface area contributed by atoms with Crippen molar-refractivity contribution in [1.29, 1.82) is 0 Å². The number of esters is 1. The molecule has 4 fully saturated rings. The van der Waals surface area contributed by atoms with Gasteiger partial charge in [0.1, 0.15) is 35.7 Å². The van der Waals surface area contributed by atoms with Gasteiger partial charge in [-0.3, -0.25) is 14.6 Å². The van der Waals surface area contributed by atoms with Crippen molar-refractivity contribution in [2.75, 3.05) is 44.5 Å². The number of alkyl halides is 1. The summed E-state index contributed by atoms with van der Waals surface area (Å²) in [5.41, 5.74) is -0.416. The maximum atomic E-state index is 17.2. The van der Waals surface area contributed by atoms with Gasteiger partial charge in [0.25, 0.3) is 0 Å². The number of aromatic hydroxyl groups is 1. The van der Waals surface area contributed by atoms with E-state index in [1.165, 1.54) is 49.6 Å². The average Bonchev–Trinajstić information content (AvgIpc) is 3.85. The molecule has 4 aromatic rings. The zero-order valence-corrected chi connectivity index (χ0v) is 34.1. The van der Waals surface area contributed by atoms with Crippen molar-refractivity contribution in [3.05, 3.63) is 53.6 Å². The van der Waals surface area contributed by atoms with E-state index in [0.29, 0.717) is 55.5 Å². The van der Waals surface area contributed by atoms with Crippen molar-refractivity contribution in [1.82, 2.24) is 19.8 Å². The molecular formula is C46H52F3N5O6. The third kappa shape index (κ3) is 8.25. The Labute approximate surface area is 348 Å². The number of hydrogen-bond acceptors (Lipinski definition) is 10. The Morgan fingerprint density at radius 2 is 1.73 bits per heavy atom. The Kier molecular flexibility index (Phi) is 12.3. The molecule has 2 unspecified atom stereocenters. The van der Waals surface area contributed by atoms with Crippen molar-refractivity contribution < 1.29 is 42.1 Å². The number of phenols is 1. The number of carbonyl (C=O) groups excluding carboxylic acids is 2. The summed E-state index contributed by atoms with van der Waals surface area (Å²) in [7, 11) is 0. The highest BCUT2D eigenvalue weighted by molar-refractivity contribution is 6.04. The fraction of sp³-hybridized carbons (Fsp3) is 0.522. The fourth-order valence-corrected chi connectivity index (χ4v) is 9.96. The number of anilines is 1. The van der Waals surface area contributed by atoms with Crippen LogP contribution in [0, 0.1) is 24.0 Å². The topological polar surface area (TPSA) is 118 Å². The Balaban J connectivity index is 1.04. The molecule has 4 saturated heterocycles. The first-order chi connectivity index (χ1) is 29.1. The van der Waals surface area contributed by atoms with E-state index in [1.54, 1.807) is 11.0 Å². The van der Waals surface area contributed by atoms with E-state index in [0.717, 1.165) is 45.1 Å². The van der Waals surface area contributed by atoms with Crippen LogP contribution in [0.5, 0.6) is 11.8 Å². The number of amides is 1. The number of aromatic nitrogens is 2.